The van der Waals surface area contributed by atoms with Crippen LogP contribution in [-0.4, -0.2) is 18.3 Å². The Morgan fingerprint density at radius 2 is 2.18 bits per heavy atom. The van der Waals surface area contributed by atoms with Crippen molar-refractivity contribution in [3.05, 3.63) is 46.2 Å². The van der Waals surface area contributed by atoms with Crippen LogP contribution in [0, 0.1) is 0 Å². The van der Waals surface area contributed by atoms with E-state index in [9.17, 15) is 4.79 Å². The van der Waals surface area contributed by atoms with Gasteiger partial charge in [0.05, 0.1) is 24.2 Å². The van der Waals surface area contributed by atoms with E-state index in [1.807, 2.05) is 24.3 Å². The van der Waals surface area contributed by atoms with E-state index >= 15 is 0 Å². The number of nitrogens with zero attached hydrogens (tertiary/aromatic N) is 1. The number of aromatic nitrogens is 1. The molecule has 0 amide bonds. The summed E-state index contributed by atoms with van der Waals surface area (Å²) in [4.78, 5) is 12.0. The normalized spacial score (nSPS) is 22.2. The van der Waals surface area contributed by atoms with Gasteiger partial charge in [-0.2, -0.15) is 0 Å². The molecule has 2 aromatic rings. The van der Waals surface area contributed by atoms with Gasteiger partial charge in [-0.1, -0.05) is 18.2 Å². The molecule has 2 atom stereocenters. The van der Waals surface area contributed by atoms with Crippen molar-refractivity contribution in [3.63, 3.8) is 0 Å². The predicted molar refractivity (Wildman–Crippen MR) is 66.0 cm³/mol. The maximum absolute atomic E-state index is 12.0. The third-order valence-corrected chi connectivity index (χ3v) is 3.42. The van der Waals surface area contributed by atoms with E-state index < -0.39 is 0 Å². The van der Waals surface area contributed by atoms with Crippen LogP contribution in [0.1, 0.15) is 17.6 Å². The Morgan fingerprint density at radius 1 is 1.35 bits per heavy atom. The summed E-state index contributed by atoms with van der Waals surface area (Å²) in [6.45, 7) is 0.453. The molecule has 0 saturated carbocycles. The van der Waals surface area contributed by atoms with Gasteiger partial charge in [0, 0.05) is 13.2 Å². The monoisotopic (exact) mass is 230 g/mol. The van der Waals surface area contributed by atoms with Gasteiger partial charge in [-0.25, -0.2) is 0 Å². The number of benzene rings is 1. The Morgan fingerprint density at radius 3 is 2.94 bits per heavy atom. The number of rotatable bonds is 2. The average Bonchev–Trinajstić information content (AvgIpc) is 2.62. The molecule has 0 bridgehead atoms. The van der Waals surface area contributed by atoms with E-state index in [0.717, 1.165) is 16.5 Å². The summed E-state index contributed by atoms with van der Waals surface area (Å²) in [6.07, 6.45) is 0. The third kappa shape index (κ3) is 1.34. The van der Waals surface area contributed by atoms with Crippen molar-refractivity contribution < 1.29 is 4.74 Å². The van der Waals surface area contributed by atoms with E-state index in [0.29, 0.717) is 6.61 Å². The molecule has 1 aliphatic rings. The number of hydrogen-bond acceptors (Lipinski definition) is 3. The zero-order valence-electron chi connectivity index (χ0n) is 9.59. The first-order chi connectivity index (χ1) is 8.24. The molecular formula is C13H14N2O2. The lowest BCUT2D eigenvalue weighted by Crippen LogP contribution is -2.29. The first-order valence-corrected chi connectivity index (χ1v) is 5.62. The van der Waals surface area contributed by atoms with Crippen LogP contribution in [0.4, 0.5) is 0 Å². The van der Waals surface area contributed by atoms with Crippen LogP contribution in [0.2, 0.25) is 0 Å². The zero-order chi connectivity index (χ0) is 12.0. The maximum atomic E-state index is 12.0. The van der Waals surface area contributed by atoms with E-state index in [-0.39, 0.29) is 17.6 Å². The van der Waals surface area contributed by atoms with Gasteiger partial charge < -0.3 is 15.0 Å². The molecule has 3 rings (SSSR count). The lowest BCUT2D eigenvalue weighted by Gasteiger charge is -2.17. The second kappa shape index (κ2) is 3.68. The topological polar surface area (TPSA) is 57.2 Å². The van der Waals surface area contributed by atoms with E-state index in [2.05, 4.69) is 0 Å². The summed E-state index contributed by atoms with van der Waals surface area (Å²) < 4.78 is 6.94. The first-order valence-electron chi connectivity index (χ1n) is 5.62. The lowest BCUT2D eigenvalue weighted by atomic mass is 10.0. The van der Waals surface area contributed by atoms with Crippen molar-refractivity contribution in [1.29, 1.82) is 0 Å². The molecule has 1 aromatic carbocycles. The molecule has 0 fully saturated rings. The van der Waals surface area contributed by atoms with Gasteiger partial charge in [0.1, 0.15) is 0 Å². The van der Waals surface area contributed by atoms with Crippen LogP contribution in [-0.2, 0) is 4.74 Å². The highest BCUT2D eigenvalue weighted by molar-refractivity contribution is 5.84. The Balaban J connectivity index is 2.36. The van der Waals surface area contributed by atoms with E-state index in [4.69, 9.17) is 10.5 Å². The van der Waals surface area contributed by atoms with Gasteiger partial charge >= 0.3 is 0 Å². The zero-order valence-corrected chi connectivity index (χ0v) is 9.59. The summed E-state index contributed by atoms with van der Waals surface area (Å²) in [5, 5.41) is 1.05. The third-order valence-electron chi connectivity index (χ3n) is 3.42. The summed E-state index contributed by atoms with van der Waals surface area (Å²) in [6, 6.07) is 9.12. The van der Waals surface area contributed by atoms with Crippen molar-refractivity contribution in [2.45, 2.75) is 12.1 Å². The molecule has 0 radical (unpaired) electrons. The second-order valence-electron chi connectivity index (χ2n) is 4.38. The molecular weight excluding hydrogens is 216 g/mol. The van der Waals surface area contributed by atoms with Crippen LogP contribution in [0.5, 0.6) is 0 Å². The highest BCUT2D eigenvalue weighted by Gasteiger charge is 2.32. The summed E-state index contributed by atoms with van der Waals surface area (Å²) in [5.41, 5.74) is 8.17. The minimum Gasteiger partial charge on any atom is -0.382 e. The number of nitrogens with two attached hydrogens (primary N) is 1. The highest BCUT2D eigenvalue weighted by atomic mass is 16.5. The van der Waals surface area contributed by atoms with Gasteiger partial charge in [0.2, 0.25) is 0 Å². The van der Waals surface area contributed by atoms with Crippen LogP contribution in [0.3, 0.4) is 0 Å². The standard InChI is InChI=1S/C13H14N2O2/c1-17-7-10-12(14)9-4-2-3-8-5-6-11(16)15(10)13(8)9/h2-6,10,12H,7,14H2,1H3. The molecule has 2 N–H and O–H groups in total. The molecule has 0 spiro atoms. The van der Waals surface area contributed by atoms with Crippen molar-refractivity contribution in [3.8, 4) is 0 Å². The Kier molecular flexibility index (Phi) is 2.28. The second-order valence-corrected chi connectivity index (χ2v) is 4.38. The van der Waals surface area contributed by atoms with Gasteiger partial charge in [-0.3, -0.25) is 4.79 Å². The summed E-state index contributed by atoms with van der Waals surface area (Å²) >= 11 is 0. The van der Waals surface area contributed by atoms with Gasteiger partial charge in [0.15, 0.2) is 0 Å². The van der Waals surface area contributed by atoms with Crippen molar-refractivity contribution in [1.82, 2.24) is 4.57 Å². The minimum atomic E-state index is -0.172. The fourth-order valence-electron chi connectivity index (χ4n) is 2.66. The van der Waals surface area contributed by atoms with Gasteiger partial charge in [0.25, 0.3) is 5.56 Å². The quantitative estimate of drug-likeness (QED) is 0.843. The molecule has 0 aliphatic carbocycles. The van der Waals surface area contributed by atoms with Gasteiger partial charge in [-0.05, 0) is 17.0 Å². The Hall–Kier alpha value is -1.65. The number of pyridine rings is 1. The van der Waals surface area contributed by atoms with Crippen LogP contribution in [0.25, 0.3) is 10.9 Å². The molecule has 1 aromatic heterocycles. The van der Waals surface area contributed by atoms with Gasteiger partial charge in [-0.15, -0.1) is 0 Å². The van der Waals surface area contributed by atoms with Crippen molar-refractivity contribution in [2.24, 2.45) is 5.73 Å². The number of methoxy groups -OCH3 is 1. The smallest absolute Gasteiger partial charge is 0.251 e. The molecule has 0 saturated heterocycles. The highest BCUT2D eigenvalue weighted by Crippen LogP contribution is 2.36. The van der Waals surface area contributed by atoms with Crippen LogP contribution < -0.4 is 11.3 Å². The number of hydrogen-bond donors (Lipinski definition) is 1. The van der Waals surface area contributed by atoms with Crippen molar-refractivity contribution in [2.75, 3.05) is 13.7 Å². The number of para-hydroxylation sites is 1. The predicted octanol–water partition coefficient (Wildman–Crippen LogP) is 1.20. The molecule has 17 heavy (non-hydrogen) atoms. The summed E-state index contributed by atoms with van der Waals surface area (Å²) in [7, 11) is 1.63. The maximum Gasteiger partial charge on any atom is 0.251 e. The minimum absolute atomic E-state index is 0.0139. The molecule has 88 valence electrons. The lowest BCUT2D eigenvalue weighted by molar-refractivity contribution is 0.147. The first kappa shape index (κ1) is 10.5. The molecule has 2 unspecified atom stereocenters. The number of ether oxygens (including phenoxy) is 1. The van der Waals surface area contributed by atoms with E-state index in [1.165, 1.54) is 0 Å². The molecule has 2 heterocycles. The fourth-order valence-corrected chi connectivity index (χ4v) is 2.66. The van der Waals surface area contributed by atoms with Crippen LogP contribution >= 0.6 is 0 Å². The molecule has 1 aliphatic heterocycles. The Labute approximate surface area is 98.6 Å². The van der Waals surface area contributed by atoms with E-state index in [1.54, 1.807) is 17.7 Å². The van der Waals surface area contributed by atoms with Crippen LogP contribution in [0.15, 0.2) is 35.1 Å². The molecule has 4 heteroatoms. The average molecular weight is 230 g/mol. The largest absolute Gasteiger partial charge is 0.382 e. The fraction of sp³-hybridized carbons (Fsp3) is 0.308. The summed E-state index contributed by atoms with van der Waals surface area (Å²) in [5.74, 6) is 0. The van der Waals surface area contributed by atoms with Crippen molar-refractivity contribution >= 4 is 10.9 Å². The SMILES string of the molecule is COCC1C(N)c2cccc3ccc(=O)n1c23. The molecule has 4 nitrogen and oxygen atoms in total. The Bertz CT molecular complexity index is 633.